The van der Waals surface area contributed by atoms with E-state index in [2.05, 4.69) is 10.3 Å². The van der Waals surface area contributed by atoms with Crippen molar-refractivity contribution in [3.63, 3.8) is 0 Å². The van der Waals surface area contributed by atoms with Crippen molar-refractivity contribution in [3.05, 3.63) is 82.4 Å². The van der Waals surface area contributed by atoms with Gasteiger partial charge >= 0.3 is 0 Å². The Labute approximate surface area is 162 Å². The van der Waals surface area contributed by atoms with E-state index in [0.717, 1.165) is 5.56 Å². The van der Waals surface area contributed by atoms with Gasteiger partial charge in [-0.3, -0.25) is 9.59 Å². The number of ether oxygens (including phenoxy) is 1. The van der Waals surface area contributed by atoms with Crippen LogP contribution in [0.3, 0.4) is 0 Å². The summed E-state index contributed by atoms with van der Waals surface area (Å²) in [7, 11) is 0. The topological polar surface area (TPSA) is 71.2 Å². The van der Waals surface area contributed by atoms with Crippen molar-refractivity contribution in [2.24, 2.45) is 0 Å². The lowest BCUT2D eigenvalue weighted by molar-refractivity contribution is 0.101. The number of carbonyl (C=O) groups excluding carboxylic acids is 2. The van der Waals surface area contributed by atoms with Crippen molar-refractivity contribution in [1.29, 1.82) is 0 Å². The Morgan fingerprint density at radius 3 is 2.54 bits per heavy atom. The second-order valence-electron chi connectivity index (χ2n) is 6.58. The normalized spacial score (nSPS) is 10.6. The molecule has 0 aliphatic rings. The van der Waals surface area contributed by atoms with E-state index in [1.54, 1.807) is 44.2 Å². The minimum Gasteiger partial charge on any atom is -0.489 e. The summed E-state index contributed by atoms with van der Waals surface area (Å²) in [6, 6.07) is 13.1. The summed E-state index contributed by atoms with van der Waals surface area (Å²) in [4.78, 5) is 27.4. The van der Waals surface area contributed by atoms with Gasteiger partial charge in [-0.15, -0.1) is 0 Å². The van der Waals surface area contributed by atoms with Crippen LogP contribution in [0.5, 0.6) is 5.75 Å². The minimum absolute atomic E-state index is 0.0817. The second kappa shape index (κ2) is 8.08. The van der Waals surface area contributed by atoms with Crippen LogP contribution < -0.4 is 10.1 Å². The maximum Gasteiger partial charge on any atom is 0.272 e. The number of amides is 1. The first-order valence-electron chi connectivity index (χ1n) is 8.84. The summed E-state index contributed by atoms with van der Waals surface area (Å²) in [5.74, 6) is -0.332. The maximum absolute atomic E-state index is 13.2. The van der Waals surface area contributed by atoms with Gasteiger partial charge in [0.15, 0.2) is 5.78 Å². The standard InChI is InChI=1S/C22H21FN2O3/c1-13-20(15(3)26)14(2)24-21(13)22(27)25-18-8-4-6-16(10-18)12-28-19-9-5-7-17(23)11-19/h4-11,24H,12H2,1-3H3,(H,25,27). The van der Waals surface area contributed by atoms with Crippen LogP contribution in [0.4, 0.5) is 10.1 Å². The molecule has 1 amide bonds. The largest absolute Gasteiger partial charge is 0.489 e. The molecule has 6 heteroatoms. The highest BCUT2D eigenvalue weighted by Crippen LogP contribution is 2.21. The average Bonchev–Trinajstić information content (AvgIpc) is 2.95. The molecule has 0 aliphatic carbocycles. The number of H-pyrrole nitrogens is 1. The Morgan fingerprint density at radius 2 is 1.86 bits per heavy atom. The van der Waals surface area contributed by atoms with Crippen LogP contribution >= 0.6 is 0 Å². The molecule has 1 heterocycles. The number of nitrogens with one attached hydrogen (secondary N) is 2. The van der Waals surface area contributed by atoms with Crippen LogP contribution in [0.1, 0.15) is 44.6 Å². The van der Waals surface area contributed by atoms with Gasteiger partial charge in [-0.05, 0) is 56.2 Å². The number of Topliss-reactive ketones (excluding diaryl/α,β-unsaturated/α-hetero) is 1. The van der Waals surface area contributed by atoms with Crippen molar-refractivity contribution < 1.29 is 18.7 Å². The molecule has 144 valence electrons. The van der Waals surface area contributed by atoms with Crippen molar-refractivity contribution in [2.45, 2.75) is 27.4 Å². The van der Waals surface area contributed by atoms with Crippen LogP contribution in [0, 0.1) is 19.7 Å². The molecule has 0 spiro atoms. The first-order valence-corrected chi connectivity index (χ1v) is 8.84. The van der Waals surface area contributed by atoms with E-state index in [9.17, 15) is 14.0 Å². The molecular weight excluding hydrogens is 359 g/mol. The Morgan fingerprint density at radius 1 is 1.11 bits per heavy atom. The third kappa shape index (κ3) is 4.28. The molecule has 0 atom stereocenters. The first-order chi connectivity index (χ1) is 13.3. The third-order valence-electron chi connectivity index (χ3n) is 4.40. The lowest BCUT2D eigenvalue weighted by Gasteiger charge is -2.09. The van der Waals surface area contributed by atoms with Gasteiger partial charge in [-0.1, -0.05) is 18.2 Å². The maximum atomic E-state index is 13.2. The molecule has 0 aliphatic heterocycles. The van der Waals surface area contributed by atoms with E-state index >= 15 is 0 Å². The molecule has 2 N–H and O–H groups in total. The molecule has 3 rings (SSSR count). The number of aromatic amines is 1. The smallest absolute Gasteiger partial charge is 0.272 e. The number of hydrogen-bond acceptors (Lipinski definition) is 3. The molecule has 0 radical (unpaired) electrons. The second-order valence-corrected chi connectivity index (χ2v) is 6.58. The number of aryl methyl sites for hydroxylation is 1. The van der Waals surface area contributed by atoms with Gasteiger partial charge in [0.1, 0.15) is 23.9 Å². The van der Waals surface area contributed by atoms with Crippen molar-refractivity contribution in [1.82, 2.24) is 4.98 Å². The van der Waals surface area contributed by atoms with Gasteiger partial charge in [-0.2, -0.15) is 0 Å². The summed E-state index contributed by atoms with van der Waals surface area (Å²) in [6.07, 6.45) is 0. The average molecular weight is 380 g/mol. The Balaban J connectivity index is 1.71. The summed E-state index contributed by atoms with van der Waals surface area (Å²) in [5.41, 5.74) is 3.64. The summed E-state index contributed by atoms with van der Waals surface area (Å²) >= 11 is 0. The Bertz CT molecular complexity index is 1040. The molecule has 2 aromatic carbocycles. The lowest BCUT2D eigenvalue weighted by atomic mass is 10.1. The number of rotatable bonds is 6. The SMILES string of the molecule is CC(=O)c1c(C)[nH]c(C(=O)Nc2cccc(COc3cccc(F)c3)c2)c1C. The zero-order valence-corrected chi connectivity index (χ0v) is 15.9. The highest BCUT2D eigenvalue weighted by atomic mass is 19.1. The zero-order valence-electron chi connectivity index (χ0n) is 15.9. The summed E-state index contributed by atoms with van der Waals surface area (Å²) in [6.45, 7) is 5.23. The molecule has 0 unspecified atom stereocenters. The molecule has 0 bridgehead atoms. The van der Waals surface area contributed by atoms with Gasteiger partial charge in [0.2, 0.25) is 0 Å². The molecule has 1 aromatic heterocycles. The van der Waals surface area contributed by atoms with Crippen LogP contribution in [0.25, 0.3) is 0 Å². The molecule has 28 heavy (non-hydrogen) atoms. The number of halogens is 1. The predicted octanol–water partition coefficient (Wildman–Crippen LogP) is 4.80. The first kappa shape index (κ1) is 19.4. The van der Waals surface area contributed by atoms with Crippen LogP contribution in [-0.4, -0.2) is 16.7 Å². The molecular formula is C22H21FN2O3. The fourth-order valence-electron chi connectivity index (χ4n) is 3.16. The van der Waals surface area contributed by atoms with Crippen molar-refractivity contribution in [3.8, 4) is 5.75 Å². The van der Waals surface area contributed by atoms with Gasteiger partial charge in [-0.25, -0.2) is 4.39 Å². The van der Waals surface area contributed by atoms with E-state index in [-0.39, 0.29) is 24.1 Å². The quantitative estimate of drug-likeness (QED) is 0.603. The van der Waals surface area contributed by atoms with Crippen LogP contribution in [0.15, 0.2) is 48.5 Å². The summed E-state index contributed by atoms with van der Waals surface area (Å²) in [5, 5.41) is 2.83. The highest BCUT2D eigenvalue weighted by Gasteiger charge is 2.19. The van der Waals surface area contributed by atoms with Crippen LogP contribution in [0.2, 0.25) is 0 Å². The molecule has 3 aromatic rings. The highest BCUT2D eigenvalue weighted by molar-refractivity contribution is 6.07. The predicted molar refractivity (Wildman–Crippen MR) is 105 cm³/mol. The summed E-state index contributed by atoms with van der Waals surface area (Å²) < 4.78 is 18.8. The molecule has 5 nitrogen and oxygen atoms in total. The number of anilines is 1. The molecule has 0 fully saturated rings. The van der Waals surface area contributed by atoms with E-state index < -0.39 is 0 Å². The fourth-order valence-corrected chi connectivity index (χ4v) is 3.16. The number of ketones is 1. The number of benzene rings is 2. The fraction of sp³-hybridized carbons (Fsp3) is 0.182. The minimum atomic E-state index is -0.361. The Hall–Kier alpha value is -3.41. The number of aromatic nitrogens is 1. The number of carbonyl (C=O) groups is 2. The van der Waals surface area contributed by atoms with Gasteiger partial charge in [0, 0.05) is 23.0 Å². The van der Waals surface area contributed by atoms with E-state index in [4.69, 9.17) is 4.74 Å². The van der Waals surface area contributed by atoms with Gasteiger partial charge in [0.25, 0.3) is 5.91 Å². The van der Waals surface area contributed by atoms with Crippen LogP contribution in [-0.2, 0) is 6.61 Å². The lowest BCUT2D eigenvalue weighted by Crippen LogP contribution is -2.14. The van der Waals surface area contributed by atoms with Gasteiger partial charge in [0.05, 0.1) is 0 Å². The van der Waals surface area contributed by atoms with E-state index in [1.165, 1.54) is 19.1 Å². The van der Waals surface area contributed by atoms with E-state index in [1.807, 2.05) is 6.07 Å². The van der Waals surface area contributed by atoms with Crippen molar-refractivity contribution in [2.75, 3.05) is 5.32 Å². The molecule has 0 saturated heterocycles. The van der Waals surface area contributed by atoms with E-state index in [0.29, 0.717) is 34.0 Å². The number of hydrogen-bond donors (Lipinski definition) is 2. The zero-order chi connectivity index (χ0) is 20.3. The van der Waals surface area contributed by atoms with Gasteiger partial charge < -0.3 is 15.0 Å². The Kier molecular flexibility index (Phi) is 5.59. The van der Waals surface area contributed by atoms with Crippen molar-refractivity contribution >= 4 is 17.4 Å². The molecule has 0 saturated carbocycles. The third-order valence-corrected chi connectivity index (χ3v) is 4.40. The monoisotopic (exact) mass is 380 g/mol.